The van der Waals surface area contributed by atoms with Gasteiger partial charge >= 0.3 is 26.2 Å². The number of halogens is 2. The van der Waals surface area contributed by atoms with E-state index in [0.29, 0.717) is 0 Å². The molecule has 0 aromatic heterocycles. The van der Waals surface area contributed by atoms with Crippen LogP contribution in [0.15, 0.2) is 34.9 Å². The third-order valence-electron chi connectivity index (χ3n) is 3.75. The first kappa shape index (κ1) is 24.7. The summed E-state index contributed by atoms with van der Waals surface area (Å²) in [7, 11) is 0. The van der Waals surface area contributed by atoms with Crippen molar-refractivity contribution in [3.05, 3.63) is 47.1 Å². The van der Waals surface area contributed by atoms with Gasteiger partial charge in [0.15, 0.2) is 0 Å². The van der Waals surface area contributed by atoms with Gasteiger partial charge in [-0.15, -0.1) is 13.3 Å². The predicted octanol–water partition coefficient (Wildman–Crippen LogP) is 5.50. The van der Waals surface area contributed by atoms with Gasteiger partial charge in [-0.2, -0.15) is 17.2 Å². The molecule has 0 radical (unpaired) electrons. The molecule has 1 atom stereocenters. The van der Waals surface area contributed by atoms with Crippen molar-refractivity contribution in [2.45, 2.75) is 53.9 Å². The molecule has 2 aliphatic carbocycles. The largest absolute Gasteiger partial charge is 2.00 e. The maximum absolute atomic E-state index is 3.57. The van der Waals surface area contributed by atoms with Gasteiger partial charge in [0.05, 0.1) is 0 Å². The fraction of sp³-hybridized carbons (Fsp3) is 0.529. The average molecular weight is 360 g/mol. The van der Waals surface area contributed by atoms with E-state index in [1.807, 2.05) is 12.2 Å². The van der Waals surface area contributed by atoms with Gasteiger partial charge in [-0.05, 0) is 0 Å². The summed E-state index contributed by atoms with van der Waals surface area (Å²) < 4.78 is 0. The standard InChI is InChI=1S/C12H19.C5H5.2FH.Zr/c1-6-7-12(5)8-9(2)10(3)11(12)4;1-2-4-5-3-1;;;/h6-7H2,1-5H3;1-3H,4H2;2*1H;/q2*-1;;;+2. The molecule has 0 saturated heterocycles. The SMILES string of the molecule is CCCC1(C)[C-]=C(C)C(C)=C1C.F.F.[C-]1=CC=CC1.[Zr+2]. The maximum Gasteiger partial charge on any atom is 2.00 e. The van der Waals surface area contributed by atoms with Crippen LogP contribution in [0.1, 0.15) is 53.9 Å². The number of hydrogen-bond donors (Lipinski definition) is 0. The number of allylic oxidation sites excluding steroid dienone is 8. The molecule has 20 heavy (non-hydrogen) atoms. The molecular formula is C17H26F2Zr. The van der Waals surface area contributed by atoms with E-state index in [-0.39, 0.29) is 41.0 Å². The second kappa shape index (κ2) is 11.4. The van der Waals surface area contributed by atoms with Gasteiger partial charge in [-0.3, -0.25) is 21.6 Å². The summed E-state index contributed by atoms with van der Waals surface area (Å²) in [6.45, 7) is 11.2. The van der Waals surface area contributed by atoms with Crippen LogP contribution in [-0.4, -0.2) is 0 Å². The van der Waals surface area contributed by atoms with Gasteiger partial charge in [-0.25, -0.2) is 17.7 Å². The van der Waals surface area contributed by atoms with Crippen molar-refractivity contribution >= 4 is 0 Å². The number of rotatable bonds is 2. The Bertz CT molecular complexity index is 382. The Kier molecular flexibility index (Phi) is 14.0. The molecule has 112 valence electrons. The molecule has 0 saturated carbocycles. The quantitative estimate of drug-likeness (QED) is 0.571. The van der Waals surface area contributed by atoms with Crippen molar-refractivity contribution in [1.29, 1.82) is 0 Å². The van der Waals surface area contributed by atoms with Gasteiger partial charge in [0.2, 0.25) is 0 Å². The van der Waals surface area contributed by atoms with Crippen molar-refractivity contribution in [1.82, 2.24) is 0 Å². The second-order valence-electron chi connectivity index (χ2n) is 5.09. The summed E-state index contributed by atoms with van der Waals surface area (Å²) in [6.07, 6.45) is 16.0. The molecule has 0 spiro atoms. The Hall–Kier alpha value is -0.297. The van der Waals surface area contributed by atoms with E-state index in [1.165, 1.54) is 29.6 Å². The van der Waals surface area contributed by atoms with E-state index >= 15 is 0 Å². The van der Waals surface area contributed by atoms with Crippen LogP contribution < -0.4 is 0 Å². The van der Waals surface area contributed by atoms with Gasteiger partial charge in [0.1, 0.15) is 0 Å². The molecule has 0 aliphatic heterocycles. The Morgan fingerprint density at radius 3 is 2.05 bits per heavy atom. The van der Waals surface area contributed by atoms with E-state index in [2.05, 4.69) is 52.8 Å². The zero-order chi connectivity index (χ0) is 12.9. The molecule has 0 heterocycles. The molecule has 2 aliphatic rings. The molecule has 0 fully saturated rings. The first-order chi connectivity index (χ1) is 8.01. The monoisotopic (exact) mass is 358 g/mol. The van der Waals surface area contributed by atoms with E-state index in [1.54, 1.807) is 0 Å². The second-order valence-corrected chi connectivity index (χ2v) is 5.09. The van der Waals surface area contributed by atoms with Gasteiger partial charge in [0, 0.05) is 0 Å². The molecule has 0 nitrogen and oxygen atoms in total. The van der Waals surface area contributed by atoms with Crippen LogP contribution >= 0.6 is 0 Å². The van der Waals surface area contributed by atoms with Crippen molar-refractivity contribution in [2.75, 3.05) is 0 Å². The predicted molar refractivity (Wildman–Crippen MR) is 80.4 cm³/mol. The Morgan fingerprint density at radius 2 is 1.80 bits per heavy atom. The van der Waals surface area contributed by atoms with Crippen LogP contribution in [0.2, 0.25) is 0 Å². The molecule has 1 unspecified atom stereocenters. The van der Waals surface area contributed by atoms with Crippen LogP contribution in [0.3, 0.4) is 0 Å². The van der Waals surface area contributed by atoms with Gasteiger partial charge < -0.3 is 0 Å². The summed E-state index contributed by atoms with van der Waals surface area (Å²) in [5, 5.41) is 0. The molecule has 3 heteroatoms. The number of hydrogen-bond acceptors (Lipinski definition) is 0. The third-order valence-corrected chi connectivity index (χ3v) is 3.75. The normalized spacial score (nSPS) is 22.1. The zero-order valence-electron chi connectivity index (χ0n) is 13.2. The van der Waals surface area contributed by atoms with E-state index in [4.69, 9.17) is 0 Å². The topological polar surface area (TPSA) is 0 Å². The molecule has 0 N–H and O–H groups in total. The summed E-state index contributed by atoms with van der Waals surface area (Å²) in [5.74, 6) is 0. The van der Waals surface area contributed by atoms with E-state index in [9.17, 15) is 0 Å². The smallest absolute Gasteiger partial charge is 0.273 e. The van der Waals surface area contributed by atoms with Gasteiger partial charge in [-0.1, -0.05) is 46.0 Å². The minimum Gasteiger partial charge on any atom is -0.273 e. The summed E-state index contributed by atoms with van der Waals surface area (Å²) in [4.78, 5) is 0. The van der Waals surface area contributed by atoms with Crippen LogP contribution in [0.4, 0.5) is 9.41 Å². The zero-order valence-corrected chi connectivity index (χ0v) is 15.6. The minimum atomic E-state index is 0. The fourth-order valence-electron chi connectivity index (χ4n) is 2.39. The maximum atomic E-state index is 3.57. The van der Waals surface area contributed by atoms with Crippen molar-refractivity contribution in [3.8, 4) is 0 Å². The Balaban J connectivity index is -0.000000312. The average Bonchev–Trinajstić information content (AvgIpc) is 2.90. The third kappa shape index (κ3) is 6.44. The molecular weight excluding hydrogens is 333 g/mol. The van der Waals surface area contributed by atoms with Crippen LogP contribution in [0, 0.1) is 17.6 Å². The van der Waals surface area contributed by atoms with Crippen LogP contribution in [0.5, 0.6) is 0 Å². The molecule has 0 aromatic carbocycles. The van der Waals surface area contributed by atoms with Crippen LogP contribution in [-0.2, 0) is 26.2 Å². The van der Waals surface area contributed by atoms with E-state index in [0.717, 1.165) is 6.42 Å². The minimum absolute atomic E-state index is 0. The van der Waals surface area contributed by atoms with Crippen molar-refractivity contribution in [2.24, 2.45) is 5.41 Å². The summed E-state index contributed by atoms with van der Waals surface area (Å²) >= 11 is 0. The summed E-state index contributed by atoms with van der Waals surface area (Å²) in [6, 6.07) is 0. The Morgan fingerprint density at radius 1 is 1.20 bits per heavy atom. The molecule has 0 amide bonds. The van der Waals surface area contributed by atoms with E-state index < -0.39 is 0 Å². The van der Waals surface area contributed by atoms with Crippen molar-refractivity contribution in [3.63, 3.8) is 0 Å². The first-order valence-corrected chi connectivity index (χ1v) is 6.53. The molecule has 0 aromatic rings. The fourth-order valence-corrected chi connectivity index (χ4v) is 2.39. The molecule has 0 bridgehead atoms. The van der Waals surface area contributed by atoms with Crippen molar-refractivity contribution < 1.29 is 35.6 Å². The van der Waals surface area contributed by atoms with Gasteiger partial charge in [0.25, 0.3) is 0 Å². The molecule has 2 rings (SSSR count). The Labute approximate surface area is 142 Å². The van der Waals surface area contributed by atoms with Crippen LogP contribution in [0.25, 0.3) is 0 Å². The first-order valence-electron chi connectivity index (χ1n) is 6.53. The summed E-state index contributed by atoms with van der Waals surface area (Å²) in [5.41, 5.74) is 4.55.